The van der Waals surface area contributed by atoms with Crippen LogP contribution in [0.2, 0.25) is 0 Å². The molecule has 0 aromatic heterocycles. The first-order valence-electron chi connectivity index (χ1n) is 7.77. The third-order valence-electron chi connectivity index (χ3n) is 3.42. The summed E-state index contributed by atoms with van der Waals surface area (Å²) in [6.45, 7) is 6.07. The molecule has 2 aromatic rings. The Balaban J connectivity index is 1.82. The van der Waals surface area contributed by atoms with Crippen molar-refractivity contribution in [3.05, 3.63) is 65.7 Å². The van der Waals surface area contributed by atoms with Crippen molar-refractivity contribution in [2.75, 3.05) is 13.2 Å². The molecule has 0 radical (unpaired) electrons. The molecule has 21 heavy (non-hydrogen) atoms. The molecule has 0 aliphatic heterocycles. The van der Waals surface area contributed by atoms with Crippen molar-refractivity contribution in [2.45, 2.75) is 32.7 Å². The van der Waals surface area contributed by atoms with Crippen LogP contribution in [0.4, 0.5) is 0 Å². The molecule has 2 heteroatoms. The number of hydrogen-bond donors (Lipinski definition) is 1. The van der Waals surface area contributed by atoms with Crippen LogP contribution in [0.5, 0.6) is 5.75 Å². The van der Waals surface area contributed by atoms with Crippen LogP contribution >= 0.6 is 0 Å². The molecule has 0 fully saturated rings. The van der Waals surface area contributed by atoms with Crippen LogP contribution in [0.3, 0.4) is 0 Å². The van der Waals surface area contributed by atoms with Crippen molar-refractivity contribution >= 4 is 0 Å². The van der Waals surface area contributed by atoms with Gasteiger partial charge in [0.2, 0.25) is 0 Å². The highest BCUT2D eigenvalue weighted by molar-refractivity contribution is 5.31. The van der Waals surface area contributed by atoms with Crippen LogP contribution in [0.25, 0.3) is 0 Å². The van der Waals surface area contributed by atoms with Gasteiger partial charge in [-0.3, -0.25) is 0 Å². The maximum atomic E-state index is 5.81. The Hall–Kier alpha value is -1.80. The van der Waals surface area contributed by atoms with E-state index < -0.39 is 0 Å². The Morgan fingerprint density at radius 3 is 2.29 bits per heavy atom. The zero-order chi connectivity index (χ0) is 14.9. The lowest BCUT2D eigenvalue weighted by Crippen LogP contribution is -2.32. The second-order valence-corrected chi connectivity index (χ2v) is 5.47. The molecule has 2 aromatic carbocycles. The van der Waals surface area contributed by atoms with Crippen molar-refractivity contribution < 1.29 is 4.74 Å². The van der Waals surface area contributed by atoms with E-state index in [-0.39, 0.29) is 0 Å². The third-order valence-corrected chi connectivity index (χ3v) is 3.42. The standard InChI is InChI=1S/C19H25NO/c1-3-13-20-16(2)15-21-19-11-9-18(10-12-19)14-17-7-5-4-6-8-17/h4-12,16,20H,3,13-15H2,1-2H3. The van der Waals surface area contributed by atoms with Gasteiger partial charge in [0.1, 0.15) is 12.4 Å². The molecule has 0 spiro atoms. The molecule has 2 rings (SSSR count). The van der Waals surface area contributed by atoms with E-state index in [9.17, 15) is 0 Å². The van der Waals surface area contributed by atoms with Crippen LogP contribution in [-0.4, -0.2) is 19.2 Å². The largest absolute Gasteiger partial charge is 0.492 e. The number of nitrogens with one attached hydrogen (secondary N) is 1. The first kappa shape index (κ1) is 15.6. The molecule has 112 valence electrons. The van der Waals surface area contributed by atoms with E-state index in [1.807, 2.05) is 6.07 Å². The Morgan fingerprint density at radius 2 is 1.62 bits per heavy atom. The van der Waals surface area contributed by atoms with Gasteiger partial charge in [0.25, 0.3) is 0 Å². The summed E-state index contributed by atoms with van der Waals surface area (Å²) in [5, 5.41) is 3.42. The molecular formula is C19H25NO. The zero-order valence-electron chi connectivity index (χ0n) is 13.0. The fourth-order valence-corrected chi connectivity index (χ4v) is 2.21. The van der Waals surface area contributed by atoms with E-state index in [4.69, 9.17) is 4.74 Å². The SMILES string of the molecule is CCCNC(C)COc1ccc(Cc2ccccc2)cc1. The topological polar surface area (TPSA) is 21.3 Å². The Bertz CT molecular complexity index is 507. The highest BCUT2D eigenvalue weighted by Gasteiger charge is 2.02. The van der Waals surface area contributed by atoms with Crippen LogP contribution < -0.4 is 10.1 Å². The van der Waals surface area contributed by atoms with Gasteiger partial charge in [-0.05, 0) is 49.6 Å². The molecule has 2 nitrogen and oxygen atoms in total. The number of rotatable bonds is 8. The summed E-state index contributed by atoms with van der Waals surface area (Å²) in [4.78, 5) is 0. The predicted molar refractivity (Wildman–Crippen MR) is 88.9 cm³/mol. The maximum absolute atomic E-state index is 5.81. The first-order chi connectivity index (χ1) is 10.3. The molecule has 0 bridgehead atoms. The minimum atomic E-state index is 0.383. The van der Waals surface area contributed by atoms with Crippen LogP contribution in [-0.2, 0) is 6.42 Å². The molecule has 0 heterocycles. The van der Waals surface area contributed by atoms with Gasteiger partial charge in [-0.15, -0.1) is 0 Å². The summed E-state index contributed by atoms with van der Waals surface area (Å²) in [7, 11) is 0. The lowest BCUT2D eigenvalue weighted by Gasteiger charge is -2.14. The molecule has 1 atom stereocenters. The fraction of sp³-hybridized carbons (Fsp3) is 0.368. The van der Waals surface area contributed by atoms with Gasteiger partial charge in [-0.25, -0.2) is 0 Å². The van der Waals surface area contributed by atoms with Gasteiger partial charge in [-0.1, -0.05) is 49.4 Å². The second kappa shape index (κ2) is 8.48. The van der Waals surface area contributed by atoms with Gasteiger partial charge in [-0.2, -0.15) is 0 Å². The summed E-state index contributed by atoms with van der Waals surface area (Å²) in [6, 6.07) is 19.3. The summed E-state index contributed by atoms with van der Waals surface area (Å²) in [5.41, 5.74) is 2.65. The average molecular weight is 283 g/mol. The van der Waals surface area contributed by atoms with E-state index in [1.165, 1.54) is 11.1 Å². The fourth-order valence-electron chi connectivity index (χ4n) is 2.21. The summed E-state index contributed by atoms with van der Waals surface area (Å²) < 4.78 is 5.81. The lowest BCUT2D eigenvalue weighted by molar-refractivity contribution is 0.273. The minimum Gasteiger partial charge on any atom is -0.492 e. The van der Waals surface area contributed by atoms with Gasteiger partial charge in [0.05, 0.1) is 0 Å². The van der Waals surface area contributed by atoms with Gasteiger partial charge in [0, 0.05) is 6.04 Å². The highest BCUT2D eigenvalue weighted by Crippen LogP contribution is 2.15. The molecule has 0 aliphatic rings. The van der Waals surface area contributed by atoms with Crippen LogP contribution in [0, 0.1) is 0 Å². The van der Waals surface area contributed by atoms with E-state index >= 15 is 0 Å². The molecule has 0 saturated carbocycles. The van der Waals surface area contributed by atoms with E-state index in [0.29, 0.717) is 12.6 Å². The van der Waals surface area contributed by atoms with Crippen molar-refractivity contribution in [3.63, 3.8) is 0 Å². The normalized spacial score (nSPS) is 12.1. The lowest BCUT2D eigenvalue weighted by atomic mass is 10.1. The Kier molecular flexibility index (Phi) is 6.29. The van der Waals surface area contributed by atoms with Crippen molar-refractivity contribution in [3.8, 4) is 5.75 Å². The molecule has 1 N–H and O–H groups in total. The van der Waals surface area contributed by atoms with Gasteiger partial charge >= 0.3 is 0 Å². The highest BCUT2D eigenvalue weighted by atomic mass is 16.5. The number of ether oxygens (including phenoxy) is 1. The van der Waals surface area contributed by atoms with Crippen LogP contribution in [0.1, 0.15) is 31.4 Å². The summed E-state index contributed by atoms with van der Waals surface area (Å²) >= 11 is 0. The van der Waals surface area contributed by atoms with Crippen molar-refractivity contribution in [2.24, 2.45) is 0 Å². The van der Waals surface area contributed by atoms with Crippen LogP contribution in [0.15, 0.2) is 54.6 Å². The predicted octanol–water partition coefficient (Wildman–Crippen LogP) is 4.04. The molecule has 1 unspecified atom stereocenters. The zero-order valence-corrected chi connectivity index (χ0v) is 13.0. The van der Waals surface area contributed by atoms with Gasteiger partial charge < -0.3 is 10.1 Å². The maximum Gasteiger partial charge on any atom is 0.119 e. The van der Waals surface area contributed by atoms with Gasteiger partial charge in [0.15, 0.2) is 0 Å². The molecule has 0 aliphatic carbocycles. The summed E-state index contributed by atoms with van der Waals surface area (Å²) in [5.74, 6) is 0.942. The average Bonchev–Trinajstić information content (AvgIpc) is 2.53. The molecular weight excluding hydrogens is 258 g/mol. The number of hydrogen-bond acceptors (Lipinski definition) is 2. The summed E-state index contributed by atoms with van der Waals surface area (Å²) in [6.07, 6.45) is 2.12. The van der Waals surface area contributed by atoms with E-state index in [0.717, 1.165) is 25.1 Å². The van der Waals surface area contributed by atoms with E-state index in [1.54, 1.807) is 0 Å². The third kappa shape index (κ3) is 5.60. The van der Waals surface area contributed by atoms with E-state index in [2.05, 4.69) is 67.7 Å². The van der Waals surface area contributed by atoms with Crippen molar-refractivity contribution in [1.82, 2.24) is 5.32 Å². The second-order valence-electron chi connectivity index (χ2n) is 5.47. The number of benzene rings is 2. The molecule has 0 amide bonds. The van der Waals surface area contributed by atoms with Crippen molar-refractivity contribution in [1.29, 1.82) is 0 Å². The first-order valence-corrected chi connectivity index (χ1v) is 7.77. The minimum absolute atomic E-state index is 0.383. The quantitative estimate of drug-likeness (QED) is 0.789. The smallest absolute Gasteiger partial charge is 0.119 e. The monoisotopic (exact) mass is 283 g/mol. The Morgan fingerprint density at radius 1 is 0.952 bits per heavy atom. The Labute approximate surface area is 128 Å². The molecule has 0 saturated heterocycles.